The number of aryl methyl sites for hydroxylation is 2. The van der Waals surface area contributed by atoms with Gasteiger partial charge in [0.25, 0.3) is 0 Å². The number of rotatable bonds is 43. The molecular weight excluding hydrogens is 908 g/mol. The van der Waals surface area contributed by atoms with E-state index in [9.17, 15) is 5.11 Å². The van der Waals surface area contributed by atoms with Gasteiger partial charge in [-0.05, 0) is 114 Å². The molecule has 0 saturated carbocycles. The molecule has 2 aromatic rings. The largest absolute Gasteiger partial charge is 0.510 e. The summed E-state index contributed by atoms with van der Waals surface area (Å²) in [5.74, 6) is 9.45. The summed E-state index contributed by atoms with van der Waals surface area (Å²) in [6, 6.07) is 9.51. The Kier molecular flexibility index (Phi) is 36.7. The van der Waals surface area contributed by atoms with Gasteiger partial charge < -0.3 is 14.2 Å². The molecule has 0 radical (unpaired) electrons. The summed E-state index contributed by atoms with van der Waals surface area (Å²) in [6.45, 7) is 17.3. The average molecular weight is 1000 g/mol. The highest BCUT2D eigenvalue weighted by Gasteiger charge is 2.29. The zero-order valence-electron chi connectivity index (χ0n) is 41.0. The number of thioether (sulfide) groups is 4. The molecule has 1 atom stereocenters. The van der Waals surface area contributed by atoms with Crippen LogP contribution >= 0.6 is 64.1 Å². The molecule has 10 heteroatoms. The fraction of sp³-hybridized carbons (Fsp3) is 0.736. The van der Waals surface area contributed by atoms with Gasteiger partial charge in [0.15, 0.2) is 0 Å². The summed E-state index contributed by atoms with van der Waals surface area (Å²) in [6.07, 6.45) is 31.8. The third-order valence-electron chi connectivity index (χ3n) is 11.2. The van der Waals surface area contributed by atoms with Crippen LogP contribution in [0.4, 0.5) is 0 Å². The van der Waals surface area contributed by atoms with Crippen LogP contribution in [0.25, 0.3) is 0 Å². The second-order valence-corrected chi connectivity index (χ2v) is 28.0. The number of hydrogen-bond acceptors (Lipinski definition) is 9. The van der Waals surface area contributed by atoms with Crippen molar-refractivity contribution in [3.05, 3.63) is 70.0 Å². The topological polar surface area (TPSA) is 38.7 Å². The second-order valence-electron chi connectivity index (χ2n) is 17.6. The van der Waals surface area contributed by atoms with E-state index in [-0.39, 0.29) is 12.4 Å². The van der Waals surface area contributed by atoms with Crippen LogP contribution in [-0.4, -0.2) is 34.7 Å². The molecule has 0 heterocycles. The highest BCUT2D eigenvalue weighted by molar-refractivity contribution is 8.68. The fourth-order valence-corrected chi connectivity index (χ4v) is 16.4. The maximum Gasteiger partial charge on any atom is 0.302 e. The number of unbranched alkanes of at least 4 members (excludes halogenated alkanes) is 20. The third kappa shape index (κ3) is 28.9. The number of aliphatic hydroxyl groups is 1. The first-order chi connectivity index (χ1) is 30.7. The predicted molar refractivity (Wildman–Crippen MR) is 299 cm³/mol. The molecule has 0 amide bonds. The lowest BCUT2D eigenvalue weighted by atomic mass is 10.1. The Balaban J connectivity index is 2.37. The lowest BCUT2D eigenvalue weighted by Gasteiger charge is -2.27. The summed E-state index contributed by atoms with van der Waals surface area (Å²) in [5, 5.41) is 10.3. The predicted octanol–water partition coefficient (Wildman–Crippen LogP) is 20.2. The van der Waals surface area contributed by atoms with E-state index >= 15 is 0 Å². The van der Waals surface area contributed by atoms with Gasteiger partial charge in [0.2, 0.25) is 0 Å². The summed E-state index contributed by atoms with van der Waals surface area (Å²) >= 11 is 16.3. The van der Waals surface area contributed by atoms with Gasteiger partial charge in [-0.15, -0.1) is 0 Å². The molecule has 0 aliphatic rings. The Hall–Kier alpha value is 0.140. The van der Waals surface area contributed by atoms with Gasteiger partial charge >= 0.3 is 5.69 Å². The molecule has 0 aliphatic heterocycles. The highest BCUT2D eigenvalue weighted by Crippen LogP contribution is 2.65. The van der Waals surface area contributed by atoms with Gasteiger partial charge in [-0.1, -0.05) is 187 Å². The zero-order chi connectivity index (χ0) is 45.8. The Morgan fingerprint density at radius 2 is 0.889 bits per heavy atom. The van der Waals surface area contributed by atoms with Gasteiger partial charge in [0, 0.05) is 33.5 Å². The number of benzene rings is 2. The van der Waals surface area contributed by atoms with Crippen LogP contribution < -0.4 is 4.52 Å². The molecule has 0 aliphatic carbocycles. The Labute approximate surface area is 415 Å². The molecular formula is C53H91O3PS6. The quantitative estimate of drug-likeness (QED) is 0.0397. The minimum atomic E-state index is -3.06. The van der Waals surface area contributed by atoms with E-state index in [1.807, 2.05) is 23.5 Å². The Bertz CT molecular complexity index is 1420. The molecule has 0 aromatic heterocycles. The Morgan fingerprint density at radius 3 is 1.32 bits per heavy atom. The van der Waals surface area contributed by atoms with Crippen molar-refractivity contribution >= 4 is 75.9 Å². The molecule has 362 valence electrons. The van der Waals surface area contributed by atoms with E-state index in [1.54, 1.807) is 11.4 Å². The van der Waals surface area contributed by atoms with Crippen molar-refractivity contribution in [3.63, 3.8) is 0 Å². The van der Waals surface area contributed by atoms with E-state index in [0.29, 0.717) is 0 Å². The van der Waals surface area contributed by atoms with Crippen LogP contribution in [0.1, 0.15) is 215 Å². The summed E-state index contributed by atoms with van der Waals surface area (Å²) in [5.41, 5.74) is 4.60. The monoisotopic (exact) mass is 999 g/mol. The molecule has 1 unspecified atom stereocenters. The van der Waals surface area contributed by atoms with Crippen molar-refractivity contribution in [2.45, 2.75) is 224 Å². The lowest BCUT2D eigenvalue weighted by Crippen LogP contribution is -2.04. The first-order valence-corrected chi connectivity index (χ1v) is 33.9. The summed E-state index contributed by atoms with van der Waals surface area (Å²) in [7, 11) is 0. The van der Waals surface area contributed by atoms with Crippen LogP contribution in [0.3, 0.4) is 0 Å². The summed E-state index contributed by atoms with van der Waals surface area (Å²) < 4.78 is 13.6. The van der Waals surface area contributed by atoms with Crippen molar-refractivity contribution in [1.82, 2.24) is 0 Å². The van der Waals surface area contributed by atoms with Gasteiger partial charge in [-0.25, -0.2) is 0 Å². The molecule has 2 rings (SSSR count). The van der Waals surface area contributed by atoms with Crippen LogP contribution in [-0.2, 0) is 39.3 Å². The normalized spacial score (nSPS) is 12.5. The van der Waals surface area contributed by atoms with Crippen LogP contribution in [0.5, 0.6) is 5.75 Å². The molecule has 3 nitrogen and oxygen atoms in total. The van der Waals surface area contributed by atoms with Gasteiger partial charge in [0.1, 0.15) is 18.1 Å². The van der Waals surface area contributed by atoms with E-state index in [0.717, 1.165) is 40.1 Å². The van der Waals surface area contributed by atoms with E-state index in [2.05, 4.69) is 95.9 Å². The van der Waals surface area contributed by atoms with Crippen LogP contribution in [0.2, 0.25) is 0 Å². The van der Waals surface area contributed by atoms with Crippen LogP contribution in [0.15, 0.2) is 41.5 Å². The second kappa shape index (κ2) is 39.0. The minimum absolute atomic E-state index is 0.0261. The van der Waals surface area contributed by atoms with Crippen LogP contribution in [0, 0.1) is 13.8 Å². The smallest absolute Gasteiger partial charge is 0.302 e. The number of hydrogen-bond donors (Lipinski definition) is 1. The fourth-order valence-electron chi connectivity index (χ4n) is 7.63. The van der Waals surface area contributed by atoms with Crippen molar-refractivity contribution in [1.29, 1.82) is 0 Å². The SMILES string of the molecule is C=C(O)COP(=S)(Oc1c(C)cc(CSCCCCCCCC)cc1CSCCCCCCCC)Sc1c(C)cc(CSCCCCCCCC)cc1CSCCCCCCCC. The molecule has 0 fully saturated rings. The van der Waals surface area contributed by atoms with Crippen molar-refractivity contribution < 1.29 is 14.2 Å². The van der Waals surface area contributed by atoms with Crippen molar-refractivity contribution in [3.8, 4) is 5.75 Å². The van der Waals surface area contributed by atoms with Crippen molar-refractivity contribution in [2.75, 3.05) is 29.6 Å². The van der Waals surface area contributed by atoms with E-state index < -0.39 is 5.69 Å². The lowest BCUT2D eigenvalue weighted by molar-refractivity contribution is 0.277. The van der Waals surface area contributed by atoms with Gasteiger partial charge in [-0.3, -0.25) is 0 Å². The van der Waals surface area contributed by atoms with Gasteiger partial charge in [0.05, 0.1) is 0 Å². The average Bonchev–Trinajstić information content (AvgIpc) is 3.26. The molecule has 1 N–H and O–H groups in total. The Morgan fingerprint density at radius 1 is 0.524 bits per heavy atom. The zero-order valence-corrected chi connectivity index (χ0v) is 46.8. The standard InChI is InChI=1S/C53H91O3PS6/c1-8-12-16-20-24-28-32-59-41-48-36-45(5)52(50(38-48)43-61-34-30-26-22-18-14-10-3)56-57(58,55-40-47(7)54)63-53-46(6)37-49(42-60-33-29-25-21-17-13-9-2)39-51(53)44-62-35-31-27-23-19-15-11-4/h36-39,54H,7-35,40-44H2,1-6H3. The maximum absolute atomic E-state index is 10.3. The van der Waals surface area contributed by atoms with Crippen molar-refractivity contribution in [2.24, 2.45) is 0 Å². The van der Waals surface area contributed by atoms with Gasteiger partial charge in [-0.2, -0.15) is 47.0 Å². The highest BCUT2D eigenvalue weighted by atomic mass is 32.9. The maximum atomic E-state index is 10.3. The molecule has 0 bridgehead atoms. The van der Waals surface area contributed by atoms with E-state index in [4.69, 9.17) is 20.9 Å². The third-order valence-corrected chi connectivity index (χ3v) is 20.5. The summed E-state index contributed by atoms with van der Waals surface area (Å²) in [4.78, 5) is 1.18. The first kappa shape index (κ1) is 59.3. The molecule has 2 aromatic carbocycles. The molecule has 0 saturated heterocycles. The van der Waals surface area contributed by atoms with E-state index in [1.165, 1.54) is 204 Å². The molecule has 63 heavy (non-hydrogen) atoms. The first-order valence-electron chi connectivity index (χ1n) is 25.2. The molecule has 0 spiro atoms. The number of aliphatic hydroxyl groups excluding tert-OH is 1. The minimum Gasteiger partial charge on any atom is -0.510 e.